The van der Waals surface area contributed by atoms with Gasteiger partial charge in [0.25, 0.3) is 0 Å². The maximum Gasteiger partial charge on any atom is 0.411 e. The molecule has 0 spiro atoms. The van der Waals surface area contributed by atoms with Gasteiger partial charge in [0.2, 0.25) is 0 Å². The molecule has 2 N–H and O–H groups in total. The standard InChI is InChI=1S/C26H29N3O5S2/c1-4-13-32-25(31)27-21-11-9-20(10-12-21)24-33-22(15-35-26-29-28-17(3)36-26)16(2)23(34-24)19-7-5-18(14-30)6-8-19/h4-12,16,22-24,30H,1,13-15H2,2-3H3,(H,27,31)/t16-,22+,23+,24+/m1/s1. The van der Waals surface area contributed by atoms with Crippen LogP contribution in [0.1, 0.15) is 41.0 Å². The molecule has 0 aliphatic carbocycles. The number of ether oxygens (including phenoxy) is 3. The summed E-state index contributed by atoms with van der Waals surface area (Å²) < 4.78 is 18.8. The van der Waals surface area contributed by atoms with E-state index in [-0.39, 0.29) is 31.3 Å². The first-order valence-electron chi connectivity index (χ1n) is 11.5. The summed E-state index contributed by atoms with van der Waals surface area (Å²) in [6.45, 7) is 7.73. The van der Waals surface area contributed by atoms with Crippen molar-refractivity contribution in [2.24, 2.45) is 5.92 Å². The van der Waals surface area contributed by atoms with E-state index in [4.69, 9.17) is 14.2 Å². The number of aliphatic hydroxyl groups excluding tert-OH is 1. The number of hydrogen-bond donors (Lipinski definition) is 2. The van der Waals surface area contributed by atoms with Crippen molar-refractivity contribution in [3.63, 3.8) is 0 Å². The molecule has 0 bridgehead atoms. The van der Waals surface area contributed by atoms with Crippen LogP contribution in [0.5, 0.6) is 0 Å². The van der Waals surface area contributed by atoms with Gasteiger partial charge < -0.3 is 19.3 Å². The van der Waals surface area contributed by atoms with Gasteiger partial charge in [-0.25, -0.2) is 4.79 Å². The lowest BCUT2D eigenvalue weighted by molar-refractivity contribution is -0.268. The van der Waals surface area contributed by atoms with Crippen LogP contribution in [-0.2, 0) is 20.8 Å². The normalized spacial score (nSPS) is 21.6. The molecule has 36 heavy (non-hydrogen) atoms. The Hall–Kier alpha value is -2.76. The fourth-order valence-corrected chi connectivity index (χ4v) is 5.82. The zero-order chi connectivity index (χ0) is 25.5. The maximum absolute atomic E-state index is 11.8. The lowest BCUT2D eigenvalue weighted by atomic mass is 9.91. The Balaban J connectivity index is 1.52. The molecule has 0 radical (unpaired) electrons. The molecular formula is C26H29N3O5S2. The fourth-order valence-electron chi connectivity index (χ4n) is 3.81. The number of hydrogen-bond acceptors (Lipinski definition) is 9. The van der Waals surface area contributed by atoms with Gasteiger partial charge in [0.05, 0.1) is 18.8 Å². The van der Waals surface area contributed by atoms with Crippen molar-refractivity contribution in [2.75, 3.05) is 17.7 Å². The minimum atomic E-state index is -0.591. The largest absolute Gasteiger partial charge is 0.445 e. The second-order valence-electron chi connectivity index (χ2n) is 8.35. The van der Waals surface area contributed by atoms with Gasteiger partial charge >= 0.3 is 6.09 Å². The van der Waals surface area contributed by atoms with Gasteiger partial charge in [0, 0.05) is 22.9 Å². The summed E-state index contributed by atoms with van der Waals surface area (Å²) >= 11 is 3.20. The van der Waals surface area contributed by atoms with E-state index in [1.807, 2.05) is 43.3 Å². The Labute approximate surface area is 218 Å². The molecule has 10 heteroatoms. The minimum Gasteiger partial charge on any atom is -0.445 e. The molecular weight excluding hydrogens is 498 g/mol. The molecule has 2 aromatic carbocycles. The Morgan fingerprint density at radius 1 is 1.17 bits per heavy atom. The third-order valence-corrected chi connectivity index (χ3v) is 7.82. The Kier molecular flexibility index (Phi) is 9.11. The van der Waals surface area contributed by atoms with Crippen molar-refractivity contribution in [1.29, 1.82) is 0 Å². The molecule has 4 rings (SSSR count). The van der Waals surface area contributed by atoms with Crippen LogP contribution in [0.4, 0.5) is 10.5 Å². The average Bonchev–Trinajstić information content (AvgIpc) is 3.32. The third kappa shape index (κ3) is 6.71. The van der Waals surface area contributed by atoms with Gasteiger partial charge in [-0.3, -0.25) is 5.32 Å². The van der Waals surface area contributed by atoms with Crippen LogP contribution >= 0.6 is 23.1 Å². The fraction of sp³-hybridized carbons (Fsp3) is 0.346. The van der Waals surface area contributed by atoms with E-state index in [9.17, 15) is 9.90 Å². The predicted molar refractivity (Wildman–Crippen MR) is 140 cm³/mol. The van der Waals surface area contributed by atoms with Gasteiger partial charge in [-0.1, -0.05) is 79.1 Å². The lowest BCUT2D eigenvalue weighted by Crippen LogP contribution is -2.38. The van der Waals surface area contributed by atoms with Gasteiger partial charge in [-0.2, -0.15) is 0 Å². The first-order chi connectivity index (χ1) is 17.5. The Bertz CT molecular complexity index is 1150. The predicted octanol–water partition coefficient (Wildman–Crippen LogP) is 5.66. The third-order valence-electron chi connectivity index (χ3n) is 5.76. The van der Waals surface area contributed by atoms with Crippen molar-refractivity contribution in [1.82, 2.24) is 10.2 Å². The van der Waals surface area contributed by atoms with E-state index < -0.39 is 12.4 Å². The quantitative estimate of drug-likeness (QED) is 0.272. The number of aryl methyl sites for hydroxylation is 1. The second-order valence-corrected chi connectivity index (χ2v) is 10.8. The van der Waals surface area contributed by atoms with Gasteiger partial charge in [0.1, 0.15) is 11.6 Å². The Morgan fingerprint density at radius 2 is 1.89 bits per heavy atom. The number of benzene rings is 2. The first-order valence-corrected chi connectivity index (χ1v) is 13.3. The lowest BCUT2D eigenvalue weighted by Gasteiger charge is -2.41. The van der Waals surface area contributed by atoms with Crippen LogP contribution in [0.15, 0.2) is 65.5 Å². The van der Waals surface area contributed by atoms with Crippen molar-refractivity contribution in [2.45, 2.75) is 43.3 Å². The molecule has 2 heterocycles. The highest BCUT2D eigenvalue weighted by Gasteiger charge is 2.38. The van der Waals surface area contributed by atoms with Crippen molar-refractivity contribution >= 4 is 34.9 Å². The molecule has 8 nitrogen and oxygen atoms in total. The molecule has 1 saturated heterocycles. The smallest absolute Gasteiger partial charge is 0.411 e. The van der Waals surface area contributed by atoms with E-state index in [1.165, 1.54) is 6.08 Å². The zero-order valence-electron chi connectivity index (χ0n) is 20.1. The summed E-state index contributed by atoms with van der Waals surface area (Å²) in [4.78, 5) is 11.8. The monoisotopic (exact) mass is 527 g/mol. The van der Waals surface area contributed by atoms with Crippen LogP contribution < -0.4 is 5.32 Å². The molecule has 4 atom stereocenters. The van der Waals surface area contributed by atoms with Crippen LogP contribution in [0.25, 0.3) is 0 Å². The summed E-state index contributed by atoms with van der Waals surface area (Å²) in [5.41, 5.74) is 3.32. The molecule has 0 unspecified atom stereocenters. The highest BCUT2D eigenvalue weighted by Crippen LogP contribution is 2.43. The van der Waals surface area contributed by atoms with E-state index in [0.717, 1.165) is 26.0 Å². The average molecular weight is 528 g/mol. The number of amides is 1. The molecule has 1 aliphatic heterocycles. The number of anilines is 1. The van der Waals surface area contributed by atoms with Crippen LogP contribution in [-0.4, -0.2) is 39.9 Å². The topological polar surface area (TPSA) is 103 Å². The number of rotatable bonds is 9. The highest BCUT2D eigenvalue weighted by molar-refractivity contribution is 8.01. The molecule has 3 aromatic rings. The van der Waals surface area contributed by atoms with Crippen molar-refractivity contribution < 1.29 is 24.1 Å². The number of aromatic nitrogens is 2. The van der Waals surface area contributed by atoms with Crippen LogP contribution in [0.3, 0.4) is 0 Å². The van der Waals surface area contributed by atoms with E-state index >= 15 is 0 Å². The highest BCUT2D eigenvalue weighted by atomic mass is 32.2. The molecule has 1 aromatic heterocycles. The molecule has 1 fully saturated rings. The van der Waals surface area contributed by atoms with Gasteiger partial charge in [0.15, 0.2) is 10.6 Å². The summed E-state index contributed by atoms with van der Waals surface area (Å²) in [7, 11) is 0. The Morgan fingerprint density at radius 3 is 2.53 bits per heavy atom. The maximum atomic E-state index is 11.8. The van der Waals surface area contributed by atoms with E-state index in [2.05, 4.69) is 29.0 Å². The van der Waals surface area contributed by atoms with Gasteiger partial charge in [-0.15, -0.1) is 10.2 Å². The number of carbonyl (C=O) groups is 1. The molecule has 1 aliphatic rings. The van der Waals surface area contributed by atoms with Crippen molar-refractivity contribution in [3.8, 4) is 0 Å². The summed E-state index contributed by atoms with van der Waals surface area (Å²) in [5, 5.41) is 21.4. The number of nitrogens with one attached hydrogen (secondary N) is 1. The second kappa shape index (κ2) is 12.5. The van der Waals surface area contributed by atoms with Crippen LogP contribution in [0.2, 0.25) is 0 Å². The number of thioether (sulfide) groups is 1. The summed E-state index contributed by atoms with van der Waals surface area (Å²) in [5.74, 6) is 0.777. The van der Waals surface area contributed by atoms with Gasteiger partial charge in [-0.05, 0) is 30.2 Å². The SMILES string of the molecule is C=CCOC(=O)Nc1ccc([C@H]2O[C@@H](CSc3nnc(C)s3)[C@@H](C)[C@@H](c3ccc(CO)cc3)O2)cc1. The minimum absolute atomic E-state index is 0.00482. The zero-order valence-corrected chi connectivity index (χ0v) is 21.8. The number of carbonyl (C=O) groups excluding carboxylic acids is 1. The number of aliphatic hydroxyl groups is 1. The van der Waals surface area contributed by atoms with E-state index in [1.54, 1.807) is 35.2 Å². The number of nitrogens with zero attached hydrogens (tertiary/aromatic N) is 2. The molecule has 1 amide bonds. The van der Waals surface area contributed by atoms with Crippen LogP contribution in [0, 0.1) is 12.8 Å². The first kappa shape index (κ1) is 26.3. The molecule has 0 saturated carbocycles. The summed E-state index contributed by atoms with van der Waals surface area (Å²) in [6.07, 6.45) is 0.0668. The van der Waals surface area contributed by atoms with E-state index in [0.29, 0.717) is 11.4 Å². The summed E-state index contributed by atoms with van der Waals surface area (Å²) in [6, 6.07) is 15.1. The molecule has 190 valence electrons. The van der Waals surface area contributed by atoms with Crippen molar-refractivity contribution in [3.05, 3.63) is 82.9 Å².